The molecule has 3 amide bonds. The SMILES string of the molecule is CCCn1c(NC(=O)c2cccc(C(C)=O)c2)nc2ccc(/C=C/C(=O)NCCCOCCOCCOCCOCCOCCCNC(=O)c3ccc(N=Nc4cc(CCCC(=N)OC)ccc4O)cc3)cc21. The number of phenols is 1. The highest BCUT2D eigenvalue weighted by atomic mass is 16.6. The number of imidazole rings is 1. The van der Waals surface area contributed by atoms with Gasteiger partial charge in [0.15, 0.2) is 11.7 Å². The quantitative estimate of drug-likeness (QED) is 0.00651. The number of methoxy groups -OCH3 is 1. The first-order chi connectivity index (χ1) is 35.5. The number of ether oxygens (including phenoxy) is 6. The Labute approximate surface area is 426 Å². The number of amides is 3. The van der Waals surface area contributed by atoms with Gasteiger partial charge in [-0.25, -0.2) is 4.98 Å². The first kappa shape index (κ1) is 56.8. The van der Waals surface area contributed by atoms with Crippen molar-refractivity contribution in [3.8, 4) is 5.75 Å². The average Bonchev–Trinajstić information content (AvgIpc) is 3.73. The number of ketones is 1. The number of aromatic nitrogens is 2. The molecule has 0 unspecified atom stereocenters. The normalized spacial score (nSPS) is 11.4. The highest BCUT2D eigenvalue weighted by molar-refractivity contribution is 6.06. The van der Waals surface area contributed by atoms with Crippen LogP contribution in [0.2, 0.25) is 0 Å². The minimum absolute atomic E-state index is 0.0136. The number of rotatable bonds is 34. The number of carbonyl (C=O) groups excluding carboxylic acids is 4. The molecule has 0 bridgehead atoms. The van der Waals surface area contributed by atoms with Gasteiger partial charge in [-0.1, -0.05) is 31.2 Å². The number of hydrogen-bond donors (Lipinski definition) is 5. The molecule has 1 aromatic heterocycles. The fraction of sp³-hybridized carbons (Fsp3) is 0.407. The van der Waals surface area contributed by atoms with E-state index in [1.807, 2.05) is 35.8 Å². The van der Waals surface area contributed by atoms with Crippen LogP contribution in [0.3, 0.4) is 0 Å². The molecule has 5 N–H and O–H groups in total. The molecule has 0 spiro atoms. The molecule has 0 aliphatic heterocycles. The summed E-state index contributed by atoms with van der Waals surface area (Å²) in [5, 5.41) is 34.8. The number of hydrogen-bond acceptors (Lipinski definition) is 15. The number of fused-ring (bicyclic) bond motifs is 1. The number of nitrogens with one attached hydrogen (secondary N) is 4. The van der Waals surface area contributed by atoms with Crippen LogP contribution in [0.15, 0.2) is 101 Å². The van der Waals surface area contributed by atoms with Crippen LogP contribution in [0.25, 0.3) is 17.1 Å². The van der Waals surface area contributed by atoms with Crippen molar-refractivity contribution >= 4 is 63.8 Å². The molecular formula is C54H68N8O11. The minimum atomic E-state index is -0.357. The van der Waals surface area contributed by atoms with Gasteiger partial charge in [0.1, 0.15) is 11.4 Å². The lowest BCUT2D eigenvalue weighted by Crippen LogP contribution is -2.25. The first-order valence-corrected chi connectivity index (χ1v) is 24.5. The number of aromatic hydroxyl groups is 1. The van der Waals surface area contributed by atoms with Crippen molar-refractivity contribution < 1.29 is 52.7 Å². The summed E-state index contributed by atoms with van der Waals surface area (Å²) in [5.41, 5.74) is 5.51. The van der Waals surface area contributed by atoms with Gasteiger partial charge in [-0.3, -0.25) is 29.9 Å². The zero-order valence-corrected chi connectivity index (χ0v) is 42.0. The summed E-state index contributed by atoms with van der Waals surface area (Å²) in [6, 6.07) is 24.1. The third-order valence-corrected chi connectivity index (χ3v) is 11.0. The number of phenolic OH excluding ortho intramolecular Hbond substituents is 1. The lowest BCUT2D eigenvalue weighted by Gasteiger charge is -2.09. The molecule has 5 rings (SSSR count). The van der Waals surface area contributed by atoms with E-state index in [1.54, 1.807) is 66.7 Å². The van der Waals surface area contributed by atoms with Crippen LogP contribution in [-0.4, -0.2) is 130 Å². The van der Waals surface area contributed by atoms with Gasteiger partial charge in [0.25, 0.3) is 11.8 Å². The topological polar surface area (TPSA) is 246 Å². The summed E-state index contributed by atoms with van der Waals surface area (Å²) in [6.45, 7) is 9.42. The maximum atomic E-state index is 13.1. The summed E-state index contributed by atoms with van der Waals surface area (Å²) in [5.74, 6) is -0.251. The van der Waals surface area contributed by atoms with Gasteiger partial charge in [0, 0.05) is 62.0 Å². The summed E-state index contributed by atoms with van der Waals surface area (Å²) in [7, 11) is 1.48. The highest BCUT2D eigenvalue weighted by Gasteiger charge is 2.16. The number of aryl methyl sites for hydroxylation is 2. The monoisotopic (exact) mass is 1000 g/mol. The average molecular weight is 1010 g/mol. The molecule has 4 aromatic carbocycles. The fourth-order valence-corrected chi connectivity index (χ4v) is 7.07. The van der Waals surface area contributed by atoms with Crippen molar-refractivity contribution in [3.05, 3.63) is 119 Å². The standard InChI is InChI=1S/C54H68N8O11/c1-4-25-62-48-37-41(13-20-46(48)58-54(62)59-53(67)44-11-6-10-43(38-44)39(2)63)15-22-51(65)56-23-7-26-69-28-30-71-32-34-73-35-33-72-31-29-70-27-8-24-57-52(66)42-16-18-45(19-17-42)60-61-47-36-40(14-21-49(47)64)9-5-12-50(55)68-3/h6,10-11,13-22,36-38,55,64H,4-5,7-9,12,23-35H2,1-3H3,(H,56,65)(H,57,66)(H,58,59,67)/b22-15+,55-50?,61-60?. The maximum Gasteiger partial charge on any atom is 0.257 e. The van der Waals surface area contributed by atoms with Crippen molar-refractivity contribution in [2.45, 2.75) is 58.9 Å². The van der Waals surface area contributed by atoms with Crippen LogP contribution in [-0.2, 0) is 46.2 Å². The number of benzene rings is 4. The lowest BCUT2D eigenvalue weighted by molar-refractivity contribution is -0.116. The second kappa shape index (κ2) is 32.0. The predicted octanol–water partition coefficient (Wildman–Crippen LogP) is 8.39. The zero-order chi connectivity index (χ0) is 52.0. The van der Waals surface area contributed by atoms with Gasteiger partial charge < -0.3 is 48.7 Å². The fourth-order valence-electron chi connectivity index (χ4n) is 7.07. The Bertz CT molecular complexity index is 2620. The Hall–Kier alpha value is -7.16. The molecule has 0 saturated carbocycles. The summed E-state index contributed by atoms with van der Waals surface area (Å²) in [6.07, 6.45) is 7.29. The molecule has 19 nitrogen and oxygen atoms in total. The molecule has 1 heterocycles. The largest absolute Gasteiger partial charge is 0.506 e. The van der Waals surface area contributed by atoms with Gasteiger partial charge in [-0.2, -0.15) is 5.11 Å². The Morgan fingerprint density at radius 2 is 1.36 bits per heavy atom. The summed E-state index contributed by atoms with van der Waals surface area (Å²) in [4.78, 5) is 54.6. The van der Waals surface area contributed by atoms with E-state index in [0.29, 0.717) is 151 Å². The van der Waals surface area contributed by atoms with Gasteiger partial charge in [-0.15, -0.1) is 5.11 Å². The van der Waals surface area contributed by atoms with Crippen molar-refractivity contribution in [3.63, 3.8) is 0 Å². The van der Waals surface area contributed by atoms with Crippen LogP contribution in [0.4, 0.5) is 17.3 Å². The van der Waals surface area contributed by atoms with E-state index in [9.17, 15) is 24.3 Å². The molecule has 73 heavy (non-hydrogen) atoms. The predicted molar refractivity (Wildman–Crippen MR) is 279 cm³/mol. The minimum Gasteiger partial charge on any atom is -0.506 e. The maximum absolute atomic E-state index is 13.1. The molecule has 0 atom stereocenters. The number of carbonyl (C=O) groups is 4. The lowest BCUT2D eigenvalue weighted by atomic mass is 10.1. The molecule has 0 radical (unpaired) electrons. The van der Waals surface area contributed by atoms with Crippen molar-refractivity contribution in [1.82, 2.24) is 20.2 Å². The van der Waals surface area contributed by atoms with E-state index in [-0.39, 0.29) is 35.2 Å². The molecule has 0 fully saturated rings. The first-order valence-electron chi connectivity index (χ1n) is 24.5. The molecule has 5 aromatic rings. The van der Waals surface area contributed by atoms with E-state index >= 15 is 0 Å². The van der Waals surface area contributed by atoms with Crippen molar-refractivity contribution in [2.75, 3.05) is 91.6 Å². The number of Topliss-reactive ketones (excluding diaryl/α,β-unsaturated/α-hetero) is 1. The Kier molecular flexibility index (Phi) is 24.9. The molecular weight excluding hydrogens is 937 g/mol. The highest BCUT2D eigenvalue weighted by Crippen LogP contribution is 2.30. The van der Waals surface area contributed by atoms with Crippen LogP contribution in [0.1, 0.15) is 88.2 Å². The van der Waals surface area contributed by atoms with Gasteiger partial charge in [-0.05, 0) is 117 Å². The summed E-state index contributed by atoms with van der Waals surface area (Å²) < 4.78 is 34.7. The van der Waals surface area contributed by atoms with E-state index in [4.69, 9.17) is 33.8 Å². The second-order valence-corrected chi connectivity index (χ2v) is 16.6. The van der Waals surface area contributed by atoms with Crippen LogP contribution in [0, 0.1) is 5.41 Å². The van der Waals surface area contributed by atoms with E-state index in [2.05, 4.69) is 31.2 Å². The van der Waals surface area contributed by atoms with Crippen LogP contribution in [0.5, 0.6) is 5.75 Å². The van der Waals surface area contributed by atoms with Crippen molar-refractivity contribution in [1.29, 1.82) is 5.41 Å². The van der Waals surface area contributed by atoms with Gasteiger partial charge in [0.2, 0.25) is 11.9 Å². The van der Waals surface area contributed by atoms with Crippen molar-refractivity contribution in [2.24, 2.45) is 10.2 Å². The molecule has 0 aliphatic rings. The van der Waals surface area contributed by atoms with Gasteiger partial charge in [0.05, 0.1) is 76.7 Å². The Morgan fingerprint density at radius 3 is 2.00 bits per heavy atom. The smallest absolute Gasteiger partial charge is 0.257 e. The summed E-state index contributed by atoms with van der Waals surface area (Å²) >= 11 is 0. The third-order valence-electron chi connectivity index (χ3n) is 11.0. The Morgan fingerprint density at radius 1 is 0.712 bits per heavy atom. The Balaban J connectivity index is 0.812. The molecule has 0 aliphatic carbocycles. The number of anilines is 1. The van der Waals surface area contributed by atoms with E-state index in [0.717, 1.165) is 29.5 Å². The number of nitrogens with zero attached hydrogens (tertiary/aromatic N) is 4. The third kappa shape index (κ3) is 20.5. The van der Waals surface area contributed by atoms with Crippen LogP contribution < -0.4 is 16.0 Å². The van der Waals surface area contributed by atoms with E-state index in [1.165, 1.54) is 20.1 Å². The number of azo groups is 1. The van der Waals surface area contributed by atoms with E-state index < -0.39 is 0 Å². The molecule has 0 saturated heterocycles. The van der Waals surface area contributed by atoms with Gasteiger partial charge >= 0.3 is 0 Å². The molecule has 19 heteroatoms. The molecule has 390 valence electrons. The van der Waals surface area contributed by atoms with Crippen LogP contribution >= 0.6 is 0 Å². The second-order valence-electron chi connectivity index (χ2n) is 16.6. The zero-order valence-electron chi connectivity index (χ0n) is 42.0.